The van der Waals surface area contributed by atoms with Crippen molar-refractivity contribution in [1.29, 1.82) is 0 Å². The van der Waals surface area contributed by atoms with Crippen LogP contribution in [-0.2, 0) is 11.3 Å². The van der Waals surface area contributed by atoms with Crippen molar-refractivity contribution in [1.82, 2.24) is 4.90 Å². The van der Waals surface area contributed by atoms with E-state index in [0.29, 0.717) is 12.1 Å². The number of rotatable bonds is 4. The number of nitrogens with zero attached hydrogens (tertiary/aromatic N) is 1. The number of hydrogen-bond donors (Lipinski definition) is 1. The molecule has 2 saturated carbocycles. The number of carbonyl (C=O) groups is 1. The summed E-state index contributed by atoms with van der Waals surface area (Å²) in [6, 6.07) is 6.88. The number of carbonyl (C=O) groups excluding carboxylic acids is 1. The van der Waals surface area contributed by atoms with E-state index in [9.17, 15) is 9.18 Å². The Morgan fingerprint density at radius 3 is 2.61 bits per heavy atom. The molecule has 1 aromatic carbocycles. The highest BCUT2D eigenvalue weighted by molar-refractivity contribution is 5.89. The lowest BCUT2D eigenvalue weighted by molar-refractivity contribution is -0.134. The predicted octanol–water partition coefficient (Wildman–Crippen LogP) is 1.81. The Hall–Kier alpha value is -1.42. The van der Waals surface area contributed by atoms with Crippen molar-refractivity contribution in [3.63, 3.8) is 0 Å². The average Bonchev–Trinajstić information content (AvgIpc) is 3.23. The molecular formula is C14H17FN2O. The highest BCUT2D eigenvalue weighted by Gasteiger charge is 2.50. The smallest absolute Gasteiger partial charge is 0.243 e. The lowest BCUT2D eigenvalue weighted by Gasteiger charge is -2.25. The zero-order valence-electron chi connectivity index (χ0n) is 10.2. The molecule has 1 amide bonds. The van der Waals surface area contributed by atoms with Gasteiger partial charge in [-0.05, 0) is 31.7 Å². The SMILES string of the molecule is NC1(C(=O)N(Cc2ccccc2F)C2CC2)CC1. The third-order valence-electron chi connectivity index (χ3n) is 3.76. The van der Waals surface area contributed by atoms with E-state index < -0.39 is 5.54 Å². The molecule has 18 heavy (non-hydrogen) atoms. The van der Waals surface area contributed by atoms with Crippen LogP contribution in [0.5, 0.6) is 0 Å². The topological polar surface area (TPSA) is 46.3 Å². The molecule has 0 saturated heterocycles. The molecule has 0 atom stereocenters. The fraction of sp³-hybridized carbons (Fsp3) is 0.500. The molecule has 0 unspecified atom stereocenters. The fourth-order valence-corrected chi connectivity index (χ4v) is 2.20. The van der Waals surface area contributed by atoms with Gasteiger partial charge in [0.05, 0.1) is 5.54 Å². The Kier molecular flexibility index (Phi) is 2.63. The number of halogens is 1. The highest BCUT2D eigenvalue weighted by Crippen LogP contribution is 2.38. The van der Waals surface area contributed by atoms with Crippen molar-refractivity contribution < 1.29 is 9.18 Å². The molecule has 3 rings (SSSR count). The second kappa shape index (κ2) is 4.05. The fourth-order valence-electron chi connectivity index (χ4n) is 2.20. The van der Waals surface area contributed by atoms with E-state index in [0.717, 1.165) is 25.7 Å². The maximum absolute atomic E-state index is 13.6. The summed E-state index contributed by atoms with van der Waals surface area (Å²) in [5.74, 6) is -0.258. The van der Waals surface area contributed by atoms with Gasteiger partial charge in [-0.25, -0.2) is 4.39 Å². The van der Waals surface area contributed by atoms with Gasteiger partial charge in [0, 0.05) is 18.2 Å². The van der Waals surface area contributed by atoms with Crippen LogP contribution in [0.3, 0.4) is 0 Å². The van der Waals surface area contributed by atoms with Crippen LogP contribution >= 0.6 is 0 Å². The molecule has 0 bridgehead atoms. The quantitative estimate of drug-likeness (QED) is 0.883. The Balaban J connectivity index is 1.79. The zero-order valence-corrected chi connectivity index (χ0v) is 10.2. The largest absolute Gasteiger partial charge is 0.334 e. The maximum Gasteiger partial charge on any atom is 0.243 e. The number of benzene rings is 1. The third kappa shape index (κ3) is 2.12. The molecule has 2 aliphatic carbocycles. The van der Waals surface area contributed by atoms with E-state index in [1.807, 2.05) is 0 Å². The molecule has 0 aromatic heterocycles. The van der Waals surface area contributed by atoms with E-state index in [4.69, 9.17) is 5.73 Å². The van der Waals surface area contributed by atoms with E-state index in [-0.39, 0.29) is 17.8 Å². The molecule has 3 nitrogen and oxygen atoms in total. The predicted molar refractivity (Wildman–Crippen MR) is 66.1 cm³/mol. The summed E-state index contributed by atoms with van der Waals surface area (Å²) in [5.41, 5.74) is 5.88. The van der Waals surface area contributed by atoms with Gasteiger partial charge in [0.1, 0.15) is 5.82 Å². The first-order chi connectivity index (χ1) is 8.60. The van der Waals surface area contributed by atoms with Gasteiger partial charge >= 0.3 is 0 Å². The van der Waals surface area contributed by atoms with Crippen molar-refractivity contribution in [3.8, 4) is 0 Å². The average molecular weight is 248 g/mol. The summed E-state index contributed by atoms with van der Waals surface area (Å²) < 4.78 is 13.6. The normalized spacial score (nSPS) is 20.6. The Morgan fingerprint density at radius 1 is 1.39 bits per heavy atom. The van der Waals surface area contributed by atoms with Gasteiger partial charge in [-0.3, -0.25) is 4.79 Å². The lowest BCUT2D eigenvalue weighted by Crippen LogP contribution is -2.46. The van der Waals surface area contributed by atoms with Crippen LogP contribution in [0.1, 0.15) is 31.2 Å². The minimum Gasteiger partial charge on any atom is -0.334 e. The first-order valence-corrected chi connectivity index (χ1v) is 6.43. The first kappa shape index (κ1) is 11.7. The molecule has 0 aliphatic heterocycles. The van der Waals surface area contributed by atoms with Crippen molar-refractivity contribution >= 4 is 5.91 Å². The highest BCUT2D eigenvalue weighted by atomic mass is 19.1. The molecule has 96 valence electrons. The zero-order chi connectivity index (χ0) is 12.8. The van der Waals surface area contributed by atoms with Crippen molar-refractivity contribution in [2.24, 2.45) is 5.73 Å². The van der Waals surface area contributed by atoms with Crippen LogP contribution in [0.4, 0.5) is 4.39 Å². The minimum atomic E-state index is -0.659. The van der Waals surface area contributed by atoms with Crippen molar-refractivity contribution in [2.45, 2.75) is 43.8 Å². The molecule has 1 aromatic rings. The molecule has 2 N–H and O–H groups in total. The summed E-state index contributed by atoms with van der Waals surface area (Å²) in [7, 11) is 0. The molecule has 2 fully saturated rings. The first-order valence-electron chi connectivity index (χ1n) is 6.43. The monoisotopic (exact) mass is 248 g/mol. The van der Waals surface area contributed by atoms with Gasteiger partial charge < -0.3 is 10.6 Å². The molecular weight excluding hydrogens is 231 g/mol. The second-order valence-corrected chi connectivity index (χ2v) is 5.41. The van der Waals surface area contributed by atoms with Crippen LogP contribution in [0, 0.1) is 5.82 Å². The molecule has 4 heteroatoms. The third-order valence-corrected chi connectivity index (χ3v) is 3.76. The van der Waals surface area contributed by atoms with Crippen LogP contribution in [0.15, 0.2) is 24.3 Å². The molecule has 0 spiro atoms. The van der Waals surface area contributed by atoms with E-state index >= 15 is 0 Å². The van der Waals surface area contributed by atoms with Gasteiger partial charge in [-0.1, -0.05) is 18.2 Å². The molecule has 0 heterocycles. The number of hydrogen-bond acceptors (Lipinski definition) is 2. The summed E-state index contributed by atoms with van der Waals surface area (Å²) in [6.07, 6.45) is 3.53. The lowest BCUT2D eigenvalue weighted by atomic mass is 10.1. The summed E-state index contributed by atoms with van der Waals surface area (Å²) in [5, 5.41) is 0. The Labute approximate surface area is 106 Å². The van der Waals surface area contributed by atoms with Crippen LogP contribution in [0.2, 0.25) is 0 Å². The van der Waals surface area contributed by atoms with Crippen molar-refractivity contribution in [2.75, 3.05) is 0 Å². The van der Waals surface area contributed by atoms with E-state index in [1.165, 1.54) is 6.07 Å². The Morgan fingerprint density at radius 2 is 2.06 bits per heavy atom. The molecule has 2 aliphatic rings. The van der Waals surface area contributed by atoms with Crippen LogP contribution in [-0.4, -0.2) is 22.4 Å². The standard InChI is InChI=1S/C14H17FN2O/c15-12-4-2-1-3-10(12)9-17(11-5-6-11)13(18)14(16)7-8-14/h1-4,11H,5-9,16H2. The number of amides is 1. The summed E-state index contributed by atoms with van der Waals surface area (Å²) in [6.45, 7) is 0.342. The van der Waals surface area contributed by atoms with Gasteiger partial charge in [0.2, 0.25) is 5.91 Å². The second-order valence-electron chi connectivity index (χ2n) is 5.41. The minimum absolute atomic E-state index is 0.00625. The summed E-state index contributed by atoms with van der Waals surface area (Å²) in [4.78, 5) is 14.1. The van der Waals surface area contributed by atoms with Crippen LogP contribution < -0.4 is 5.73 Å². The van der Waals surface area contributed by atoms with Gasteiger partial charge in [0.25, 0.3) is 0 Å². The maximum atomic E-state index is 13.6. The van der Waals surface area contributed by atoms with Gasteiger partial charge in [-0.15, -0.1) is 0 Å². The summed E-state index contributed by atoms with van der Waals surface area (Å²) >= 11 is 0. The Bertz CT molecular complexity index is 480. The van der Waals surface area contributed by atoms with Crippen LogP contribution in [0.25, 0.3) is 0 Å². The van der Waals surface area contributed by atoms with E-state index in [1.54, 1.807) is 23.1 Å². The van der Waals surface area contributed by atoms with Gasteiger partial charge in [-0.2, -0.15) is 0 Å². The molecule has 0 radical (unpaired) electrons. The van der Waals surface area contributed by atoms with E-state index in [2.05, 4.69) is 0 Å². The van der Waals surface area contributed by atoms with Crippen molar-refractivity contribution in [3.05, 3.63) is 35.6 Å². The van der Waals surface area contributed by atoms with Gasteiger partial charge in [0.15, 0.2) is 0 Å². The number of nitrogens with two attached hydrogens (primary N) is 1.